The van der Waals surface area contributed by atoms with E-state index in [1.165, 1.54) is 0 Å². The monoisotopic (exact) mass is 130 g/mol. The van der Waals surface area contributed by atoms with Crippen LogP contribution in [0.4, 0.5) is 0 Å². The van der Waals surface area contributed by atoms with Gasteiger partial charge in [0.1, 0.15) is 6.10 Å². The largest absolute Gasteiger partial charge is 0.388 e. The molecule has 3 nitrogen and oxygen atoms in total. The van der Waals surface area contributed by atoms with Crippen molar-refractivity contribution < 1.29 is 14.9 Å². The van der Waals surface area contributed by atoms with Crippen molar-refractivity contribution in [2.75, 3.05) is 0 Å². The minimum absolute atomic E-state index is 0.185. The quantitative estimate of drug-likeness (QED) is 0.476. The molecule has 1 heterocycles. The van der Waals surface area contributed by atoms with Crippen molar-refractivity contribution in [3.05, 3.63) is 12.7 Å². The van der Waals surface area contributed by atoms with Gasteiger partial charge >= 0.3 is 0 Å². The predicted octanol–water partition coefficient (Wildman–Crippen LogP) is -0.359. The Kier molecular flexibility index (Phi) is 1.85. The van der Waals surface area contributed by atoms with Crippen molar-refractivity contribution in [2.24, 2.45) is 0 Å². The normalized spacial score (nSPS) is 43.1. The van der Waals surface area contributed by atoms with Gasteiger partial charge in [-0.3, -0.25) is 0 Å². The molecule has 0 aromatic carbocycles. The summed E-state index contributed by atoms with van der Waals surface area (Å²) in [6.45, 7) is 3.46. The Morgan fingerprint density at radius 2 is 2.22 bits per heavy atom. The molecule has 2 N–H and O–H groups in total. The molecule has 0 bridgehead atoms. The fourth-order valence-electron chi connectivity index (χ4n) is 0.832. The third kappa shape index (κ3) is 1.30. The summed E-state index contributed by atoms with van der Waals surface area (Å²) in [6, 6.07) is 0. The van der Waals surface area contributed by atoms with Crippen LogP contribution >= 0.6 is 0 Å². The van der Waals surface area contributed by atoms with E-state index in [0.717, 1.165) is 0 Å². The van der Waals surface area contributed by atoms with Crippen LogP contribution in [0.3, 0.4) is 0 Å². The van der Waals surface area contributed by atoms with Gasteiger partial charge < -0.3 is 14.9 Å². The maximum Gasteiger partial charge on any atom is 0.181 e. The van der Waals surface area contributed by atoms with E-state index >= 15 is 0 Å². The van der Waals surface area contributed by atoms with Gasteiger partial charge in [0, 0.05) is 6.42 Å². The van der Waals surface area contributed by atoms with Gasteiger partial charge in [0.15, 0.2) is 6.29 Å². The zero-order chi connectivity index (χ0) is 6.85. The second-order valence-electron chi connectivity index (χ2n) is 2.10. The zero-order valence-corrected chi connectivity index (χ0v) is 5.03. The maximum absolute atomic E-state index is 8.88. The van der Waals surface area contributed by atoms with E-state index in [2.05, 4.69) is 6.58 Å². The number of aliphatic hydroxyl groups is 2. The topological polar surface area (TPSA) is 49.7 Å². The molecule has 52 valence electrons. The van der Waals surface area contributed by atoms with Crippen LogP contribution in [0.5, 0.6) is 0 Å². The van der Waals surface area contributed by atoms with Crippen molar-refractivity contribution in [2.45, 2.75) is 24.9 Å². The summed E-state index contributed by atoms with van der Waals surface area (Å²) in [5.41, 5.74) is 0. The number of ether oxygens (including phenoxy) is 1. The molecule has 0 aromatic rings. The van der Waals surface area contributed by atoms with E-state index in [0.29, 0.717) is 6.42 Å². The second kappa shape index (κ2) is 2.47. The highest BCUT2D eigenvalue weighted by Gasteiger charge is 2.29. The molecule has 3 atom stereocenters. The van der Waals surface area contributed by atoms with Crippen molar-refractivity contribution >= 4 is 0 Å². The molecule has 0 unspecified atom stereocenters. The van der Waals surface area contributed by atoms with Gasteiger partial charge in [-0.1, -0.05) is 6.08 Å². The highest BCUT2D eigenvalue weighted by atomic mass is 16.6. The lowest BCUT2D eigenvalue weighted by molar-refractivity contribution is -0.119. The third-order valence-corrected chi connectivity index (χ3v) is 1.38. The first-order valence-corrected chi connectivity index (χ1v) is 2.88. The van der Waals surface area contributed by atoms with Crippen molar-refractivity contribution in [1.29, 1.82) is 0 Å². The zero-order valence-electron chi connectivity index (χ0n) is 5.03. The molecule has 0 radical (unpaired) electrons. The Labute approximate surface area is 53.6 Å². The van der Waals surface area contributed by atoms with Crippen LogP contribution in [0.25, 0.3) is 0 Å². The average Bonchev–Trinajstić information content (AvgIpc) is 2.13. The molecule has 1 aliphatic rings. The Bertz CT molecular complexity index is 103. The highest BCUT2D eigenvalue weighted by molar-refractivity contribution is 4.87. The van der Waals surface area contributed by atoms with Crippen molar-refractivity contribution in [1.82, 2.24) is 0 Å². The fourth-order valence-corrected chi connectivity index (χ4v) is 0.832. The van der Waals surface area contributed by atoms with E-state index in [4.69, 9.17) is 14.9 Å². The van der Waals surface area contributed by atoms with Gasteiger partial charge in [0.2, 0.25) is 0 Å². The second-order valence-corrected chi connectivity index (χ2v) is 2.10. The van der Waals surface area contributed by atoms with Crippen LogP contribution < -0.4 is 0 Å². The molecule has 1 aliphatic heterocycles. The first kappa shape index (κ1) is 6.74. The number of hydrogen-bond acceptors (Lipinski definition) is 3. The lowest BCUT2D eigenvalue weighted by Gasteiger charge is -2.03. The first-order valence-electron chi connectivity index (χ1n) is 2.88. The average molecular weight is 130 g/mol. The number of rotatable bonds is 1. The summed E-state index contributed by atoms with van der Waals surface area (Å²) in [6.07, 6.45) is 0.0698. The Morgan fingerprint density at radius 1 is 1.56 bits per heavy atom. The molecule has 1 saturated heterocycles. The summed E-state index contributed by atoms with van der Waals surface area (Å²) < 4.78 is 4.81. The summed E-state index contributed by atoms with van der Waals surface area (Å²) in [5.74, 6) is 0. The van der Waals surface area contributed by atoms with Gasteiger partial charge in [-0.05, 0) is 0 Å². The molecule has 0 aliphatic carbocycles. The van der Waals surface area contributed by atoms with Crippen LogP contribution in [0.1, 0.15) is 6.42 Å². The molecular formula is C6H10O3. The summed E-state index contributed by atoms with van der Waals surface area (Å²) in [7, 11) is 0. The van der Waals surface area contributed by atoms with Gasteiger partial charge in [-0.25, -0.2) is 0 Å². The predicted molar refractivity (Wildman–Crippen MR) is 31.7 cm³/mol. The van der Waals surface area contributed by atoms with E-state index in [1.807, 2.05) is 0 Å². The maximum atomic E-state index is 8.88. The third-order valence-electron chi connectivity index (χ3n) is 1.38. The Balaban J connectivity index is 2.43. The smallest absolute Gasteiger partial charge is 0.181 e. The summed E-state index contributed by atoms with van der Waals surface area (Å²) >= 11 is 0. The first-order chi connectivity index (χ1) is 4.24. The molecule has 0 spiro atoms. The number of hydrogen-bond donors (Lipinski definition) is 2. The molecule has 0 amide bonds. The van der Waals surface area contributed by atoms with Crippen LogP contribution in [-0.2, 0) is 4.74 Å². The van der Waals surface area contributed by atoms with Crippen LogP contribution in [-0.4, -0.2) is 28.7 Å². The molecule has 0 aromatic heterocycles. The lowest BCUT2D eigenvalue weighted by atomic mass is 10.2. The molecule has 1 rings (SSSR count). The van der Waals surface area contributed by atoms with Gasteiger partial charge in [0.25, 0.3) is 0 Å². The van der Waals surface area contributed by atoms with Crippen LogP contribution in [0.2, 0.25) is 0 Å². The summed E-state index contributed by atoms with van der Waals surface area (Å²) in [5, 5.41) is 17.7. The minimum Gasteiger partial charge on any atom is -0.388 e. The molecular weight excluding hydrogens is 120 g/mol. The van der Waals surface area contributed by atoms with E-state index in [9.17, 15) is 0 Å². The van der Waals surface area contributed by atoms with E-state index < -0.39 is 12.4 Å². The fraction of sp³-hybridized carbons (Fsp3) is 0.667. The van der Waals surface area contributed by atoms with Gasteiger partial charge in [-0.2, -0.15) is 0 Å². The number of aliphatic hydroxyl groups excluding tert-OH is 2. The Morgan fingerprint density at radius 3 is 2.44 bits per heavy atom. The lowest BCUT2D eigenvalue weighted by Crippen LogP contribution is -2.19. The van der Waals surface area contributed by atoms with Crippen LogP contribution in [0, 0.1) is 0 Å². The van der Waals surface area contributed by atoms with Gasteiger partial charge in [0.05, 0.1) is 6.10 Å². The van der Waals surface area contributed by atoms with Crippen molar-refractivity contribution in [3.8, 4) is 0 Å². The standard InChI is InChI=1S/C6H10O3/c1-2-4-3-5(7)6(8)9-4/h2,4-8H,1,3H2/t4-,5-,6+/m1/s1. The van der Waals surface area contributed by atoms with Crippen molar-refractivity contribution in [3.63, 3.8) is 0 Å². The van der Waals surface area contributed by atoms with E-state index in [1.54, 1.807) is 6.08 Å². The SMILES string of the molecule is C=C[C@@H]1C[C@@H](O)[C@@H](O)O1. The molecule has 1 fully saturated rings. The van der Waals surface area contributed by atoms with E-state index in [-0.39, 0.29) is 6.10 Å². The van der Waals surface area contributed by atoms with Gasteiger partial charge in [-0.15, -0.1) is 6.58 Å². The van der Waals surface area contributed by atoms with Crippen LogP contribution in [0.15, 0.2) is 12.7 Å². The minimum atomic E-state index is -1.02. The Hall–Kier alpha value is -0.380. The summed E-state index contributed by atoms with van der Waals surface area (Å²) in [4.78, 5) is 0. The molecule has 9 heavy (non-hydrogen) atoms. The highest BCUT2D eigenvalue weighted by Crippen LogP contribution is 2.18. The molecule has 0 saturated carbocycles. The molecule has 3 heteroatoms.